The number of hydrogen-bond acceptors (Lipinski definition) is 5. The van der Waals surface area contributed by atoms with Gasteiger partial charge in [-0.15, -0.1) is 5.10 Å². The molecule has 1 saturated carbocycles. The number of aromatic amines is 1. The van der Waals surface area contributed by atoms with E-state index in [-0.39, 0.29) is 12.3 Å². The molecule has 1 N–H and O–H groups in total. The molecule has 3 heterocycles. The summed E-state index contributed by atoms with van der Waals surface area (Å²) in [6, 6.07) is 1.63. The van der Waals surface area contributed by atoms with Gasteiger partial charge < -0.3 is 9.30 Å². The van der Waals surface area contributed by atoms with Crippen LogP contribution in [0.5, 0.6) is 5.88 Å². The van der Waals surface area contributed by atoms with Crippen molar-refractivity contribution in [2.24, 2.45) is 14.1 Å². The highest BCUT2D eigenvalue weighted by Crippen LogP contribution is 2.43. The Morgan fingerprint density at radius 1 is 1.43 bits per heavy atom. The van der Waals surface area contributed by atoms with Gasteiger partial charge in [0.2, 0.25) is 5.88 Å². The number of hydrogen-bond donors (Lipinski definition) is 1. The Morgan fingerprint density at radius 2 is 2.26 bits per heavy atom. The molecule has 0 spiro atoms. The van der Waals surface area contributed by atoms with Gasteiger partial charge >= 0.3 is 5.69 Å². The highest BCUT2D eigenvalue weighted by Gasteiger charge is 2.32. The van der Waals surface area contributed by atoms with E-state index in [1.807, 2.05) is 17.8 Å². The monoisotopic (exact) mass is 317 g/mol. The third-order valence-electron chi connectivity index (χ3n) is 4.03. The maximum absolute atomic E-state index is 12.2. The third kappa shape index (κ3) is 2.33. The molecule has 0 aromatic carbocycles. The first kappa shape index (κ1) is 12.7. The van der Waals surface area contributed by atoms with E-state index in [2.05, 4.69) is 15.5 Å². The minimum absolute atomic E-state index is 0.252. The van der Waals surface area contributed by atoms with E-state index in [1.165, 1.54) is 15.6 Å². The molecular formula is C14H17N7O2. The zero-order chi connectivity index (χ0) is 16.8. The number of rotatable bonds is 5. The lowest BCUT2D eigenvalue weighted by molar-refractivity contribution is 0.291. The van der Waals surface area contributed by atoms with E-state index >= 15 is 0 Å². The van der Waals surface area contributed by atoms with Crippen LogP contribution in [0, 0.1) is 0 Å². The molecule has 4 rings (SSSR count). The van der Waals surface area contributed by atoms with Crippen LogP contribution in [0.2, 0.25) is 1.41 Å². The lowest BCUT2D eigenvalue weighted by Gasteiger charge is -2.08. The quantitative estimate of drug-likeness (QED) is 0.738. The second kappa shape index (κ2) is 5.11. The van der Waals surface area contributed by atoms with Crippen molar-refractivity contribution in [2.75, 3.05) is 0 Å². The van der Waals surface area contributed by atoms with Crippen molar-refractivity contribution in [3.63, 3.8) is 0 Å². The Labute approximate surface area is 132 Å². The van der Waals surface area contributed by atoms with Crippen LogP contribution in [0.25, 0.3) is 5.69 Å². The fourth-order valence-corrected chi connectivity index (χ4v) is 2.81. The summed E-state index contributed by atoms with van der Waals surface area (Å²) in [6.07, 6.45) is 5.63. The van der Waals surface area contributed by atoms with Gasteiger partial charge in [-0.3, -0.25) is 5.09 Å². The van der Waals surface area contributed by atoms with Crippen LogP contribution in [0.15, 0.2) is 23.3 Å². The standard InChI is InChI=1S/C14H17N7O2/c1-19-7-11(21-14(22)20(2)17-18-21)10(13(19)9-3-4-9)8-23-12-5-6-15-16-12/h5-7,9H,3-4,8H2,1-2H3,(H,15,16)/i/hT. The van der Waals surface area contributed by atoms with E-state index in [0.717, 1.165) is 29.2 Å². The van der Waals surface area contributed by atoms with Crippen LogP contribution in [0.1, 0.15) is 30.0 Å². The molecule has 1 aliphatic carbocycles. The van der Waals surface area contributed by atoms with Gasteiger partial charge in [0.05, 0.1) is 5.69 Å². The Hall–Kier alpha value is -2.84. The zero-order valence-corrected chi connectivity index (χ0v) is 12.9. The zero-order valence-electron chi connectivity index (χ0n) is 13.9. The molecule has 3 aromatic rings. The minimum atomic E-state index is -0.306. The van der Waals surface area contributed by atoms with Crippen molar-refractivity contribution in [3.8, 4) is 11.6 Å². The van der Waals surface area contributed by atoms with E-state index in [1.54, 1.807) is 13.1 Å². The van der Waals surface area contributed by atoms with Crippen molar-refractivity contribution in [1.29, 1.82) is 0 Å². The van der Waals surface area contributed by atoms with Gasteiger partial charge in [0.15, 0.2) is 1.41 Å². The van der Waals surface area contributed by atoms with Gasteiger partial charge in [0, 0.05) is 43.8 Å². The number of nitrogens with one attached hydrogen (secondary N) is 1. The second-order valence-corrected chi connectivity index (χ2v) is 5.72. The molecule has 0 atom stereocenters. The van der Waals surface area contributed by atoms with Gasteiger partial charge in [-0.2, -0.15) is 9.36 Å². The van der Waals surface area contributed by atoms with Gasteiger partial charge in [0.1, 0.15) is 6.61 Å². The Morgan fingerprint density at radius 3 is 2.87 bits per heavy atom. The summed E-state index contributed by atoms with van der Waals surface area (Å²) in [6.45, 7) is 0.252. The van der Waals surface area contributed by atoms with Crippen molar-refractivity contribution in [2.45, 2.75) is 25.4 Å². The van der Waals surface area contributed by atoms with Crippen molar-refractivity contribution < 1.29 is 6.15 Å². The fraction of sp³-hybridized carbons (Fsp3) is 0.429. The third-order valence-corrected chi connectivity index (χ3v) is 4.03. The predicted octanol–water partition coefficient (Wildman–Crippen LogP) is 0.484. The molecule has 0 unspecified atom stereocenters. The van der Waals surface area contributed by atoms with Gasteiger partial charge in [-0.1, -0.05) is 0 Å². The molecule has 0 amide bonds. The van der Waals surface area contributed by atoms with E-state index < -0.39 is 0 Å². The van der Waals surface area contributed by atoms with Crippen LogP contribution in [0.3, 0.4) is 0 Å². The Bertz CT molecular complexity index is 947. The van der Waals surface area contributed by atoms with E-state index in [4.69, 9.17) is 6.15 Å². The van der Waals surface area contributed by atoms with Crippen LogP contribution in [0.4, 0.5) is 0 Å². The summed E-state index contributed by atoms with van der Waals surface area (Å²) in [4.78, 5) is 12.2. The van der Waals surface area contributed by atoms with Crippen molar-refractivity contribution >= 4 is 0 Å². The normalized spacial score (nSPS) is 15.0. The molecular weight excluding hydrogens is 298 g/mol. The highest BCUT2D eigenvalue weighted by atomic mass is 16.5. The summed E-state index contributed by atoms with van der Waals surface area (Å²) in [5.74, 6) is 0.844. The Kier molecular flexibility index (Phi) is 2.82. The SMILES string of the molecule is [3H]n1ccc(OCc2c(-n3nnn(C)c3=O)cn(C)c2C2CC2)n1. The molecule has 0 saturated heterocycles. The largest absolute Gasteiger partial charge is 0.472 e. The van der Waals surface area contributed by atoms with E-state index in [9.17, 15) is 4.79 Å². The number of tetrazole rings is 1. The first-order valence-electron chi connectivity index (χ1n) is 7.84. The number of aryl methyl sites for hydroxylation is 2. The van der Waals surface area contributed by atoms with Crippen LogP contribution < -0.4 is 10.4 Å². The van der Waals surface area contributed by atoms with Gasteiger partial charge in [-0.05, 0) is 29.2 Å². The first-order valence-corrected chi connectivity index (χ1v) is 7.40. The van der Waals surface area contributed by atoms with Crippen molar-refractivity contribution in [1.82, 2.24) is 34.5 Å². The maximum atomic E-state index is 12.2. The fourth-order valence-electron chi connectivity index (χ4n) is 2.81. The molecule has 0 bridgehead atoms. The van der Waals surface area contributed by atoms with Gasteiger partial charge in [0.25, 0.3) is 0 Å². The maximum Gasteiger partial charge on any atom is 0.368 e. The van der Waals surface area contributed by atoms with E-state index in [0.29, 0.717) is 17.5 Å². The van der Waals surface area contributed by atoms with Gasteiger partial charge in [-0.25, -0.2) is 4.79 Å². The highest BCUT2D eigenvalue weighted by molar-refractivity contribution is 5.46. The number of ether oxygens (including phenoxy) is 1. The lowest BCUT2D eigenvalue weighted by Crippen LogP contribution is -2.22. The molecule has 9 heteroatoms. The number of aromatic nitrogens is 7. The Balaban J connectivity index is 1.75. The smallest absolute Gasteiger partial charge is 0.368 e. The average Bonchev–Trinajstić information content (AvgIpc) is 3.10. The number of H-pyrrole nitrogens is 1. The lowest BCUT2D eigenvalue weighted by atomic mass is 10.1. The molecule has 9 nitrogen and oxygen atoms in total. The predicted molar refractivity (Wildman–Crippen MR) is 80.5 cm³/mol. The molecule has 1 fully saturated rings. The number of nitrogens with zero attached hydrogens (tertiary/aromatic N) is 6. The average molecular weight is 317 g/mol. The van der Waals surface area contributed by atoms with Crippen molar-refractivity contribution in [3.05, 3.63) is 40.2 Å². The summed E-state index contributed by atoms with van der Waals surface area (Å²) >= 11 is 0. The first-order chi connectivity index (χ1) is 11.5. The molecule has 1 aliphatic rings. The molecule has 0 aliphatic heterocycles. The topological polar surface area (TPSA) is 95.5 Å². The molecule has 23 heavy (non-hydrogen) atoms. The van der Waals surface area contributed by atoms with Crippen LogP contribution in [-0.2, 0) is 20.7 Å². The molecule has 0 radical (unpaired) electrons. The molecule has 120 valence electrons. The summed E-state index contributed by atoms with van der Waals surface area (Å²) in [7, 11) is 3.52. The summed E-state index contributed by atoms with van der Waals surface area (Å²) < 4.78 is 17.6. The second-order valence-electron chi connectivity index (χ2n) is 5.72. The minimum Gasteiger partial charge on any atom is -0.472 e. The van der Waals surface area contributed by atoms with Crippen LogP contribution in [-0.4, -0.2) is 34.5 Å². The summed E-state index contributed by atoms with van der Waals surface area (Å²) in [5.41, 5.74) is 2.41. The summed E-state index contributed by atoms with van der Waals surface area (Å²) in [5, 5.41) is 12.6. The van der Waals surface area contributed by atoms with Crippen LogP contribution >= 0.6 is 0 Å². The molecule has 3 aromatic heterocycles.